The molecule has 2 rings (SSSR count). The van der Waals surface area contributed by atoms with Crippen molar-refractivity contribution in [1.29, 1.82) is 0 Å². The first-order valence-electron chi connectivity index (χ1n) is 5.98. The van der Waals surface area contributed by atoms with E-state index in [1.807, 2.05) is 6.07 Å². The van der Waals surface area contributed by atoms with E-state index >= 15 is 0 Å². The van der Waals surface area contributed by atoms with Crippen LogP contribution in [0.25, 0.3) is 0 Å². The van der Waals surface area contributed by atoms with E-state index in [4.69, 9.17) is 5.11 Å². The number of hydrogen-bond donors (Lipinski definition) is 2. The van der Waals surface area contributed by atoms with E-state index in [9.17, 15) is 4.79 Å². The molecule has 0 amide bonds. The molecule has 5 nitrogen and oxygen atoms in total. The fourth-order valence-electron chi connectivity index (χ4n) is 2.26. The highest BCUT2D eigenvalue weighted by atomic mass is 16.4. The molecule has 1 aromatic heterocycles. The van der Waals surface area contributed by atoms with Crippen LogP contribution in [0.2, 0.25) is 0 Å². The minimum Gasteiger partial charge on any atom is -0.481 e. The molecule has 1 fully saturated rings. The largest absolute Gasteiger partial charge is 0.481 e. The van der Waals surface area contributed by atoms with E-state index in [0.29, 0.717) is 5.92 Å². The topological polar surface area (TPSA) is 75.1 Å². The van der Waals surface area contributed by atoms with Gasteiger partial charge in [0.1, 0.15) is 12.1 Å². The third kappa shape index (κ3) is 3.41. The maximum absolute atomic E-state index is 10.8. The molecule has 0 spiro atoms. The summed E-state index contributed by atoms with van der Waals surface area (Å²) < 4.78 is 0. The van der Waals surface area contributed by atoms with Gasteiger partial charge in [0.25, 0.3) is 0 Å². The Kier molecular flexibility index (Phi) is 3.90. The van der Waals surface area contributed by atoms with Gasteiger partial charge in [-0.2, -0.15) is 0 Å². The predicted octanol–water partition coefficient (Wildman–Crippen LogP) is 1.78. The summed E-state index contributed by atoms with van der Waals surface area (Å²) in [7, 11) is 0. The minimum absolute atomic E-state index is 0.134. The molecule has 1 aromatic rings. The number of carboxylic acid groups (broad SMARTS) is 1. The highest BCUT2D eigenvalue weighted by Crippen LogP contribution is 2.28. The van der Waals surface area contributed by atoms with Gasteiger partial charge in [-0.25, -0.2) is 9.97 Å². The Bertz CT molecular complexity index is 361. The molecule has 1 aliphatic carbocycles. The molecule has 1 aliphatic rings. The van der Waals surface area contributed by atoms with Crippen molar-refractivity contribution < 1.29 is 9.90 Å². The maximum Gasteiger partial charge on any atom is 0.306 e. The van der Waals surface area contributed by atoms with Crippen LogP contribution in [0.5, 0.6) is 0 Å². The molecule has 2 N–H and O–H groups in total. The summed E-state index contributed by atoms with van der Waals surface area (Å²) in [5.41, 5.74) is 0. The minimum atomic E-state index is -0.646. The average molecular weight is 235 g/mol. The summed E-state index contributed by atoms with van der Waals surface area (Å²) in [6, 6.07) is 1.84. The van der Waals surface area contributed by atoms with Gasteiger partial charge >= 0.3 is 5.97 Å². The smallest absolute Gasteiger partial charge is 0.306 e. The number of nitrogens with zero attached hydrogens (tertiary/aromatic N) is 2. The summed E-state index contributed by atoms with van der Waals surface area (Å²) in [6.07, 6.45) is 6.78. The normalized spacial score (nSPS) is 24.2. The van der Waals surface area contributed by atoms with Crippen molar-refractivity contribution in [3.05, 3.63) is 18.6 Å². The van der Waals surface area contributed by atoms with Crippen molar-refractivity contribution in [2.75, 3.05) is 11.9 Å². The monoisotopic (exact) mass is 235 g/mol. The Balaban J connectivity index is 1.74. The van der Waals surface area contributed by atoms with Gasteiger partial charge in [0.05, 0.1) is 5.92 Å². The number of aliphatic carboxylic acids is 1. The highest BCUT2D eigenvalue weighted by Gasteiger charge is 2.25. The molecule has 1 saturated carbocycles. The molecule has 0 aromatic carbocycles. The summed E-state index contributed by atoms with van der Waals surface area (Å²) in [5, 5.41) is 12.2. The van der Waals surface area contributed by atoms with Gasteiger partial charge in [-0.3, -0.25) is 4.79 Å². The highest BCUT2D eigenvalue weighted by molar-refractivity contribution is 5.69. The standard InChI is InChI=1S/C12H17N3O2/c16-12(17)10-3-1-9(2-4-10)7-14-11-5-6-13-8-15-11/h5-6,8-10H,1-4,7H2,(H,16,17)(H,13,14,15). The van der Waals surface area contributed by atoms with Crippen molar-refractivity contribution in [1.82, 2.24) is 9.97 Å². The molecule has 0 atom stereocenters. The van der Waals surface area contributed by atoms with E-state index in [-0.39, 0.29) is 5.92 Å². The zero-order chi connectivity index (χ0) is 12.1. The number of carbonyl (C=O) groups is 1. The lowest BCUT2D eigenvalue weighted by Crippen LogP contribution is -2.25. The second-order valence-electron chi connectivity index (χ2n) is 4.53. The van der Waals surface area contributed by atoms with Crippen LogP contribution in [0, 0.1) is 11.8 Å². The molecular formula is C12H17N3O2. The van der Waals surface area contributed by atoms with E-state index in [0.717, 1.165) is 38.0 Å². The summed E-state index contributed by atoms with van der Waals surface area (Å²) in [4.78, 5) is 18.8. The zero-order valence-electron chi connectivity index (χ0n) is 9.67. The predicted molar refractivity (Wildman–Crippen MR) is 63.6 cm³/mol. The van der Waals surface area contributed by atoms with Crippen LogP contribution in [-0.4, -0.2) is 27.6 Å². The molecule has 17 heavy (non-hydrogen) atoms. The Morgan fingerprint density at radius 2 is 2.18 bits per heavy atom. The number of aromatic nitrogens is 2. The molecule has 5 heteroatoms. The molecule has 0 unspecified atom stereocenters. The van der Waals surface area contributed by atoms with E-state index in [1.165, 1.54) is 6.33 Å². The molecule has 0 saturated heterocycles. The lowest BCUT2D eigenvalue weighted by atomic mass is 9.82. The first-order valence-corrected chi connectivity index (χ1v) is 5.98. The average Bonchev–Trinajstić information content (AvgIpc) is 2.38. The summed E-state index contributed by atoms with van der Waals surface area (Å²) >= 11 is 0. The van der Waals surface area contributed by atoms with E-state index < -0.39 is 5.97 Å². The first-order chi connectivity index (χ1) is 8.25. The van der Waals surface area contributed by atoms with E-state index in [1.54, 1.807) is 6.20 Å². The number of hydrogen-bond acceptors (Lipinski definition) is 4. The second-order valence-corrected chi connectivity index (χ2v) is 4.53. The van der Waals surface area contributed by atoms with Crippen LogP contribution in [0.3, 0.4) is 0 Å². The SMILES string of the molecule is O=C(O)C1CCC(CNc2ccncn2)CC1. The molecule has 0 aliphatic heterocycles. The van der Waals surface area contributed by atoms with Crippen molar-refractivity contribution >= 4 is 11.8 Å². The van der Waals surface area contributed by atoms with Crippen LogP contribution in [0.15, 0.2) is 18.6 Å². The zero-order valence-corrected chi connectivity index (χ0v) is 9.67. The van der Waals surface area contributed by atoms with Crippen molar-refractivity contribution in [3.63, 3.8) is 0 Å². The number of rotatable bonds is 4. The summed E-state index contributed by atoms with van der Waals surface area (Å²) in [6.45, 7) is 0.864. The fourth-order valence-corrected chi connectivity index (χ4v) is 2.26. The summed E-state index contributed by atoms with van der Waals surface area (Å²) in [5.74, 6) is 0.610. The lowest BCUT2D eigenvalue weighted by Gasteiger charge is -2.26. The molecule has 92 valence electrons. The van der Waals surface area contributed by atoms with Gasteiger partial charge < -0.3 is 10.4 Å². The lowest BCUT2D eigenvalue weighted by molar-refractivity contribution is -0.143. The Hall–Kier alpha value is -1.65. The molecular weight excluding hydrogens is 218 g/mol. The van der Waals surface area contributed by atoms with Crippen molar-refractivity contribution in [3.8, 4) is 0 Å². The van der Waals surface area contributed by atoms with Gasteiger partial charge in [-0.1, -0.05) is 0 Å². The second kappa shape index (κ2) is 5.61. The maximum atomic E-state index is 10.8. The van der Waals surface area contributed by atoms with Crippen molar-refractivity contribution in [2.24, 2.45) is 11.8 Å². The number of carboxylic acids is 1. The van der Waals surface area contributed by atoms with Crippen LogP contribution < -0.4 is 5.32 Å². The van der Waals surface area contributed by atoms with Crippen LogP contribution in [0.4, 0.5) is 5.82 Å². The van der Waals surface area contributed by atoms with Gasteiger partial charge in [0.2, 0.25) is 0 Å². The van der Waals surface area contributed by atoms with Gasteiger partial charge in [0, 0.05) is 12.7 Å². The molecule has 1 heterocycles. The molecule has 0 bridgehead atoms. The van der Waals surface area contributed by atoms with Crippen LogP contribution in [0.1, 0.15) is 25.7 Å². The number of anilines is 1. The first kappa shape index (κ1) is 11.8. The van der Waals surface area contributed by atoms with Gasteiger partial charge in [-0.15, -0.1) is 0 Å². The van der Waals surface area contributed by atoms with E-state index in [2.05, 4.69) is 15.3 Å². The third-order valence-corrected chi connectivity index (χ3v) is 3.35. The Labute approximate surface area is 100 Å². The fraction of sp³-hybridized carbons (Fsp3) is 0.583. The van der Waals surface area contributed by atoms with Gasteiger partial charge in [0.15, 0.2) is 0 Å². The molecule has 0 radical (unpaired) electrons. The van der Waals surface area contributed by atoms with Crippen LogP contribution >= 0.6 is 0 Å². The Morgan fingerprint density at radius 1 is 1.41 bits per heavy atom. The van der Waals surface area contributed by atoms with Crippen LogP contribution in [-0.2, 0) is 4.79 Å². The third-order valence-electron chi connectivity index (χ3n) is 3.35. The quantitative estimate of drug-likeness (QED) is 0.832. The number of nitrogens with one attached hydrogen (secondary N) is 1. The Morgan fingerprint density at radius 3 is 2.76 bits per heavy atom. The van der Waals surface area contributed by atoms with Gasteiger partial charge in [-0.05, 0) is 37.7 Å². The van der Waals surface area contributed by atoms with Crippen molar-refractivity contribution in [2.45, 2.75) is 25.7 Å².